The summed E-state index contributed by atoms with van der Waals surface area (Å²) in [6, 6.07) is 4.21. The van der Waals surface area contributed by atoms with Gasteiger partial charge in [0.05, 0.1) is 21.2 Å². The Morgan fingerprint density at radius 2 is 1.74 bits per heavy atom. The third-order valence-corrected chi connectivity index (χ3v) is 5.02. The van der Waals surface area contributed by atoms with E-state index in [0.717, 1.165) is 31.2 Å². The number of aliphatic hydroxyl groups excluding tert-OH is 1. The molecule has 2 rings (SSSR count). The number of halogens is 3. The van der Waals surface area contributed by atoms with Crippen LogP contribution in [0.2, 0.25) is 15.1 Å². The number of hydrogen-bond acceptors (Lipinski definition) is 2. The average molecular weight is 323 g/mol. The molecule has 0 aromatic heterocycles. The van der Waals surface area contributed by atoms with Crippen molar-refractivity contribution in [3.63, 3.8) is 0 Å². The molecule has 1 unspecified atom stereocenters. The Balaban J connectivity index is 2.04. The van der Waals surface area contributed by atoms with Crippen molar-refractivity contribution in [1.29, 1.82) is 0 Å². The van der Waals surface area contributed by atoms with Crippen molar-refractivity contribution in [2.45, 2.75) is 50.8 Å². The van der Waals surface area contributed by atoms with E-state index in [1.807, 2.05) is 6.07 Å². The number of aliphatic hydroxyl groups is 1. The topological polar surface area (TPSA) is 32.3 Å². The van der Waals surface area contributed by atoms with Crippen molar-refractivity contribution in [2.24, 2.45) is 0 Å². The molecule has 2 nitrogen and oxygen atoms in total. The van der Waals surface area contributed by atoms with Gasteiger partial charge in [-0.05, 0) is 44.2 Å². The number of nitrogens with one attached hydrogen (secondary N) is 1. The molecule has 1 atom stereocenters. The summed E-state index contributed by atoms with van der Waals surface area (Å²) in [4.78, 5) is 0. The molecule has 0 bridgehead atoms. The zero-order valence-electron chi connectivity index (χ0n) is 10.8. The molecule has 0 radical (unpaired) electrons. The molecule has 0 aliphatic heterocycles. The minimum Gasteiger partial charge on any atom is -0.393 e. The van der Waals surface area contributed by atoms with Crippen LogP contribution >= 0.6 is 34.8 Å². The molecule has 0 saturated heterocycles. The second-order valence-electron chi connectivity index (χ2n) is 5.16. The Hall–Kier alpha value is 0.01000. The van der Waals surface area contributed by atoms with E-state index in [1.54, 1.807) is 6.07 Å². The Morgan fingerprint density at radius 3 is 2.37 bits per heavy atom. The van der Waals surface area contributed by atoms with Crippen LogP contribution in [-0.4, -0.2) is 17.3 Å². The lowest BCUT2D eigenvalue weighted by Crippen LogP contribution is -2.36. The van der Waals surface area contributed by atoms with Gasteiger partial charge in [0.2, 0.25) is 0 Å². The highest BCUT2D eigenvalue weighted by Crippen LogP contribution is 2.35. The van der Waals surface area contributed by atoms with Crippen molar-refractivity contribution in [3.8, 4) is 0 Å². The van der Waals surface area contributed by atoms with E-state index in [0.29, 0.717) is 21.1 Å². The molecular weight excluding hydrogens is 305 g/mol. The molecule has 0 spiro atoms. The molecule has 106 valence electrons. The van der Waals surface area contributed by atoms with Crippen LogP contribution in [0.15, 0.2) is 12.1 Å². The van der Waals surface area contributed by atoms with Crippen LogP contribution in [0.5, 0.6) is 0 Å². The largest absolute Gasteiger partial charge is 0.393 e. The highest BCUT2D eigenvalue weighted by molar-refractivity contribution is 6.48. The Kier molecular flexibility index (Phi) is 5.38. The van der Waals surface area contributed by atoms with Gasteiger partial charge in [0.15, 0.2) is 0 Å². The van der Waals surface area contributed by atoms with E-state index in [1.165, 1.54) is 0 Å². The van der Waals surface area contributed by atoms with E-state index in [-0.39, 0.29) is 12.1 Å². The maximum Gasteiger partial charge on any atom is 0.0781 e. The molecule has 2 N–H and O–H groups in total. The fourth-order valence-electron chi connectivity index (χ4n) is 2.56. The summed E-state index contributed by atoms with van der Waals surface area (Å²) < 4.78 is 0. The van der Waals surface area contributed by atoms with Crippen LogP contribution < -0.4 is 5.32 Å². The zero-order chi connectivity index (χ0) is 14.0. The lowest BCUT2D eigenvalue weighted by atomic mass is 9.92. The molecule has 0 heterocycles. The molecule has 1 saturated carbocycles. The minimum absolute atomic E-state index is 0.113. The predicted octanol–water partition coefficient (Wildman–Crippen LogP) is 4.60. The number of hydrogen-bond donors (Lipinski definition) is 2. The third kappa shape index (κ3) is 3.77. The van der Waals surface area contributed by atoms with Crippen molar-refractivity contribution in [2.75, 3.05) is 0 Å². The van der Waals surface area contributed by atoms with Crippen molar-refractivity contribution >= 4 is 34.8 Å². The first-order valence-electron chi connectivity index (χ1n) is 6.56. The molecule has 1 aromatic carbocycles. The summed E-state index contributed by atoms with van der Waals surface area (Å²) in [5.74, 6) is 0. The number of benzene rings is 1. The second kappa shape index (κ2) is 6.64. The van der Waals surface area contributed by atoms with Gasteiger partial charge in [0.25, 0.3) is 0 Å². The lowest BCUT2D eigenvalue weighted by Gasteiger charge is -2.29. The van der Waals surface area contributed by atoms with Gasteiger partial charge in [-0.15, -0.1) is 0 Å². The summed E-state index contributed by atoms with van der Waals surface area (Å²) in [5.41, 5.74) is 0.960. The van der Waals surface area contributed by atoms with Crippen LogP contribution in [0.3, 0.4) is 0 Å². The van der Waals surface area contributed by atoms with Crippen LogP contribution in [0.1, 0.15) is 44.2 Å². The van der Waals surface area contributed by atoms with Gasteiger partial charge in [-0.2, -0.15) is 0 Å². The first kappa shape index (κ1) is 15.4. The molecule has 1 aliphatic rings. The van der Waals surface area contributed by atoms with Gasteiger partial charge in [0.1, 0.15) is 0 Å². The van der Waals surface area contributed by atoms with E-state index >= 15 is 0 Å². The van der Waals surface area contributed by atoms with Crippen molar-refractivity contribution < 1.29 is 5.11 Å². The van der Waals surface area contributed by atoms with Gasteiger partial charge in [-0.3, -0.25) is 0 Å². The summed E-state index contributed by atoms with van der Waals surface area (Å²) >= 11 is 18.2. The van der Waals surface area contributed by atoms with Gasteiger partial charge >= 0.3 is 0 Å². The summed E-state index contributed by atoms with van der Waals surface area (Å²) in [6.07, 6.45) is 3.57. The normalized spacial score (nSPS) is 25.3. The zero-order valence-corrected chi connectivity index (χ0v) is 13.1. The molecule has 5 heteroatoms. The SMILES string of the molecule is CC(NC1CCC(O)CC1)c1ccc(Cl)c(Cl)c1Cl. The van der Waals surface area contributed by atoms with Crippen LogP contribution in [0, 0.1) is 0 Å². The van der Waals surface area contributed by atoms with E-state index in [9.17, 15) is 5.11 Å². The van der Waals surface area contributed by atoms with Gasteiger partial charge in [-0.1, -0.05) is 40.9 Å². The third-order valence-electron chi connectivity index (χ3n) is 3.71. The van der Waals surface area contributed by atoms with Gasteiger partial charge in [-0.25, -0.2) is 0 Å². The Bertz CT molecular complexity index is 445. The monoisotopic (exact) mass is 321 g/mol. The highest BCUT2D eigenvalue weighted by atomic mass is 35.5. The highest BCUT2D eigenvalue weighted by Gasteiger charge is 2.22. The standard InChI is InChI=1S/C14H18Cl3NO/c1-8(18-9-2-4-10(19)5-3-9)11-6-7-12(15)14(17)13(11)16/h6-10,18-19H,2-5H2,1H3. The molecule has 1 aliphatic carbocycles. The summed E-state index contributed by atoms with van der Waals surface area (Å²) in [7, 11) is 0. The van der Waals surface area contributed by atoms with Crippen molar-refractivity contribution in [1.82, 2.24) is 5.32 Å². The van der Waals surface area contributed by atoms with Crippen LogP contribution in [0.25, 0.3) is 0 Å². The summed E-state index contributed by atoms with van der Waals surface area (Å²) in [6.45, 7) is 2.07. The quantitative estimate of drug-likeness (QED) is 0.797. The second-order valence-corrected chi connectivity index (χ2v) is 6.32. The van der Waals surface area contributed by atoms with Crippen molar-refractivity contribution in [3.05, 3.63) is 32.8 Å². The maximum absolute atomic E-state index is 9.51. The van der Waals surface area contributed by atoms with Crippen LogP contribution in [-0.2, 0) is 0 Å². The number of rotatable bonds is 3. The first-order chi connectivity index (χ1) is 8.99. The Morgan fingerprint density at radius 1 is 1.11 bits per heavy atom. The summed E-state index contributed by atoms with van der Waals surface area (Å²) in [5, 5.41) is 14.5. The predicted molar refractivity (Wildman–Crippen MR) is 81.3 cm³/mol. The minimum atomic E-state index is -0.137. The maximum atomic E-state index is 9.51. The van der Waals surface area contributed by atoms with Gasteiger partial charge in [0, 0.05) is 12.1 Å². The molecule has 0 amide bonds. The lowest BCUT2D eigenvalue weighted by molar-refractivity contribution is 0.114. The van der Waals surface area contributed by atoms with Crippen LogP contribution in [0.4, 0.5) is 0 Å². The van der Waals surface area contributed by atoms with E-state index in [4.69, 9.17) is 34.8 Å². The molecule has 1 aromatic rings. The average Bonchev–Trinajstić information content (AvgIpc) is 2.39. The molecule has 19 heavy (non-hydrogen) atoms. The fraction of sp³-hybridized carbons (Fsp3) is 0.571. The fourth-order valence-corrected chi connectivity index (χ4v) is 3.27. The molecule has 1 fully saturated rings. The Labute approximate surface area is 129 Å². The van der Waals surface area contributed by atoms with E-state index < -0.39 is 0 Å². The smallest absolute Gasteiger partial charge is 0.0781 e. The van der Waals surface area contributed by atoms with E-state index in [2.05, 4.69) is 12.2 Å². The molecular formula is C14H18Cl3NO. The van der Waals surface area contributed by atoms with Gasteiger partial charge < -0.3 is 10.4 Å². The first-order valence-corrected chi connectivity index (χ1v) is 7.70.